The first-order valence-corrected chi connectivity index (χ1v) is 4.15. The summed E-state index contributed by atoms with van der Waals surface area (Å²) in [5.41, 5.74) is 5.09. The third kappa shape index (κ3) is 1.32. The van der Waals surface area contributed by atoms with E-state index in [0.717, 1.165) is 0 Å². The topological polar surface area (TPSA) is 90.6 Å². The number of primary amides is 1. The molecule has 2 heterocycles. The Hall–Kier alpha value is -2.37. The Morgan fingerprint density at radius 2 is 2.20 bits per heavy atom. The standard InChI is InChI=1S/C9H7N3O3/c10-9(13)6-5-11-4-2-1-3-7(11)8(6)12(14)15/h1-5H,(H2,10,13). The largest absolute Gasteiger partial charge is 0.365 e. The van der Waals surface area contributed by atoms with Gasteiger partial charge in [-0.05, 0) is 12.1 Å². The van der Waals surface area contributed by atoms with Crippen LogP contribution in [0.15, 0.2) is 30.6 Å². The normalized spacial score (nSPS) is 10.4. The van der Waals surface area contributed by atoms with Crippen LogP contribution < -0.4 is 5.73 Å². The summed E-state index contributed by atoms with van der Waals surface area (Å²) in [5.74, 6) is -0.801. The maximum absolute atomic E-state index is 11.0. The molecule has 15 heavy (non-hydrogen) atoms. The minimum absolute atomic E-state index is 0.0776. The second kappa shape index (κ2) is 3.09. The maximum Gasteiger partial charge on any atom is 0.307 e. The first-order valence-electron chi connectivity index (χ1n) is 4.15. The molecule has 6 heteroatoms. The molecule has 0 saturated heterocycles. The lowest BCUT2D eigenvalue weighted by Gasteiger charge is -1.91. The van der Waals surface area contributed by atoms with E-state index < -0.39 is 10.8 Å². The minimum Gasteiger partial charge on any atom is -0.365 e. The summed E-state index contributed by atoms with van der Waals surface area (Å²) in [6.45, 7) is 0. The summed E-state index contributed by atoms with van der Waals surface area (Å²) < 4.78 is 1.50. The zero-order chi connectivity index (χ0) is 11.0. The van der Waals surface area contributed by atoms with Crippen LogP contribution in [0.25, 0.3) is 5.52 Å². The van der Waals surface area contributed by atoms with Gasteiger partial charge in [-0.3, -0.25) is 14.9 Å². The predicted molar refractivity (Wildman–Crippen MR) is 52.6 cm³/mol. The van der Waals surface area contributed by atoms with E-state index in [0.29, 0.717) is 5.52 Å². The van der Waals surface area contributed by atoms with Crippen molar-refractivity contribution in [2.75, 3.05) is 0 Å². The summed E-state index contributed by atoms with van der Waals surface area (Å²) in [4.78, 5) is 21.2. The van der Waals surface area contributed by atoms with Gasteiger partial charge < -0.3 is 10.1 Å². The Balaban J connectivity index is 2.86. The van der Waals surface area contributed by atoms with Crippen LogP contribution >= 0.6 is 0 Å². The van der Waals surface area contributed by atoms with Crippen LogP contribution in [0.4, 0.5) is 5.69 Å². The number of nitrogens with zero attached hydrogens (tertiary/aromatic N) is 2. The van der Waals surface area contributed by atoms with Gasteiger partial charge in [-0.1, -0.05) is 6.07 Å². The first kappa shape index (κ1) is 9.20. The average Bonchev–Trinajstić information content (AvgIpc) is 2.56. The molecular formula is C9H7N3O3. The maximum atomic E-state index is 11.0. The van der Waals surface area contributed by atoms with Crippen LogP contribution in [0.2, 0.25) is 0 Å². The Labute approximate surface area is 84.1 Å². The van der Waals surface area contributed by atoms with Gasteiger partial charge >= 0.3 is 5.69 Å². The second-order valence-corrected chi connectivity index (χ2v) is 3.01. The smallest absolute Gasteiger partial charge is 0.307 e. The van der Waals surface area contributed by atoms with Gasteiger partial charge in [-0.15, -0.1) is 0 Å². The molecule has 0 spiro atoms. The molecule has 0 unspecified atom stereocenters. The van der Waals surface area contributed by atoms with Crippen molar-refractivity contribution in [3.63, 3.8) is 0 Å². The molecule has 0 aromatic carbocycles. The van der Waals surface area contributed by atoms with Gasteiger partial charge in [0.1, 0.15) is 11.1 Å². The zero-order valence-electron chi connectivity index (χ0n) is 7.58. The van der Waals surface area contributed by atoms with Crippen LogP contribution in [0.1, 0.15) is 10.4 Å². The van der Waals surface area contributed by atoms with E-state index in [9.17, 15) is 14.9 Å². The van der Waals surface area contributed by atoms with Crippen molar-refractivity contribution in [2.24, 2.45) is 5.73 Å². The number of hydrogen-bond donors (Lipinski definition) is 1. The van der Waals surface area contributed by atoms with E-state index in [4.69, 9.17) is 5.73 Å². The first-order chi connectivity index (χ1) is 7.11. The fourth-order valence-electron chi connectivity index (χ4n) is 1.48. The lowest BCUT2D eigenvalue weighted by atomic mass is 10.2. The molecule has 2 aromatic rings. The molecule has 2 N–H and O–H groups in total. The van der Waals surface area contributed by atoms with Crippen LogP contribution in [0.3, 0.4) is 0 Å². The second-order valence-electron chi connectivity index (χ2n) is 3.01. The summed E-state index contributed by atoms with van der Waals surface area (Å²) in [5, 5.41) is 10.8. The van der Waals surface area contributed by atoms with Crippen LogP contribution in [-0.4, -0.2) is 15.2 Å². The van der Waals surface area contributed by atoms with Crippen molar-refractivity contribution in [1.82, 2.24) is 4.40 Å². The van der Waals surface area contributed by atoms with Gasteiger partial charge in [0.05, 0.1) is 4.92 Å². The van der Waals surface area contributed by atoms with E-state index >= 15 is 0 Å². The Kier molecular flexibility index (Phi) is 1.89. The molecule has 0 radical (unpaired) electrons. The van der Waals surface area contributed by atoms with Gasteiger partial charge in [0.2, 0.25) is 0 Å². The number of nitrogens with two attached hydrogens (primary N) is 1. The van der Waals surface area contributed by atoms with Gasteiger partial charge in [0.25, 0.3) is 5.91 Å². The molecule has 76 valence electrons. The van der Waals surface area contributed by atoms with Gasteiger partial charge in [0, 0.05) is 12.4 Å². The average molecular weight is 205 g/mol. The molecule has 0 fully saturated rings. The van der Waals surface area contributed by atoms with Crippen molar-refractivity contribution in [2.45, 2.75) is 0 Å². The highest BCUT2D eigenvalue weighted by atomic mass is 16.6. The molecule has 2 aromatic heterocycles. The molecule has 0 aliphatic carbocycles. The summed E-state index contributed by atoms with van der Waals surface area (Å²) in [7, 11) is 0. The Bertz CT molecular complexity index is 559. The van der Waals surface area contributed by atoms with E-state index in [1.807, 2.05) is 0 Å². The zero-order valence-corrected chi connectivity index (χ0v) is 7.58. The van der Waals surface area contributed by atoms with Gasteiger partial charge in [0.15, 0.2) is 0 Å². The van der Waals surface area contributed by atoms with Crippen molar-refractivity contribution >= 4 is 17.1 Å². The third-order valence-corrected chi connectivity index (χ3v) is 2.10. The summed E-state index contributed by atoms with van der Waals surface area (Å²) in [6, 6.07) is 4.93. The molecular weight excluding hydrogens is 198 g/mol. The fourth-order valence-corrected chi connectivity index (χ4v) is 1.48. The lowest BCUT2D eigenvalue weighted by Crippen LogP contribution is -2.11. The van der Waals surface area contributed by atoms with Crippen LogP contribution in [-0.2, 0) is 0 Å². The molecule has 6 nitrogen and oxygen atoms in total. The molecule has 0 bridgehead atoms. The number of rotatable bonds is 2. The number of carbonyl (C=O) groups excluding carboxylic acids is 1. The third-order valence-electron chi connectivity index (χ3n) is 2.10. The van der Waals surface area contributed by atoms with Crippen molar-refractivity contribution in [1.29, 1.82) is 0 Å². The molecule has 0 aliphatic rings. The van der Waals surface area contributed by atoms with Crippen molar-refractivity contribution in [3.8, 4) is 0 Å². The number of pyridine rings is 1. The molecule has 0 aliphatic heterocycles. The summed E-state index contributed by atoms with van der Waals surface area (Å²) >= 11 is 0. The lowest BCUT2D eigenvalue weighted by molar-refractivity contribution is -0.383. The highest BCUT2D eigenvalue weighted by molar-refractivity contribution is 6.00. The SMILES string of the molecule is NC(=O)c1cn2ccccc2c1[N+](=O)[O-]. The fraction of sp³-hybridized carbons (Fsp3) is 0. The van der Waals surface area contributed by atoms with E-state index in [-0.39, 0.29) is 11.3 Å². The molecule has 0 saturated carbocycles. The number of carbonyl (C=O) groups is 1. The van der Waals surface area contributed by atoms with E-state index in [1.54, 1.807) is 24.4 Å². The highest BCUT2D eigenvalue weighted by Crippen LogP contribution is 2.26. The minimum atomic E-state index is -0.801. The number of hydrogen-bond acceptors (Lipinski definition) is 3. The molecule has 2 rings (SSSR count). The van der Waals surface area contributed by atoms with Gasteiger partial charge in [-0.25, -0.2) is 0 Å². The predicted octanol–water partition coefficient (Wildman–Crippen LogP) is 0.946. The summed E-state index contributed by atoms with van der Waals surface area (Å²) in [6.07, 6.45) is 2.98. The number of amides is 1. The quantitative estimate of drug-likeness (QED) is 0.584. The van der Waals surface area contributed by atoms with Crippen molar-refractivity contribution < 1.29 is 9.72 Å². The number of nitro groups is 1. The number of fused-ring (bicyclic) bond motifs is 1. The molecule has 0 atom stereocenters. The van der Waals surface area contributed by atoms with E-state index in [2.05, 4.69) is 0 Å². The monoisotopic (exact) mass is 205 g/mol. The highest BCUT2D eigenvalue weighted by Gasteiger charge is 2.24. The number of aromatic nitrogens is 1. The molecule has 1 amide bonds. The Morgan fingerprint density at radius 1 is 1.47 bits per heavy atom. The Morgan fingerprint density at radius 3 is 2.80 bits per heavy atom. The van der Waals surface area contributed by atoms with Crippen LogP contribution in [0.5, 0.6) is 0 Å². The van der Waals surface area contributed by atoms with E-state index in [1.165, 1.54) is 10.6 Å². The van der Waals surface area contributed by atoms with Crippen LogP contribution in [0, 0.1) is 10.1 Å². The van der Waals surface area contributed by atoms with Crippen molar-refractivity contribution in [3.05, 3.63) is 46.3 Å². The van der Waals surface area contributed by atoms with Gasteiger partial charge in [-0.2, -0.15) is 0 Å².